The first-order valence-electron chi connectivity index (χ1n) is 6.26. The summed E-state index contributed by atoms with van der Waals surface area (Å²) >= 11 is 5.80. The van der Waals surface area contributed by atoms with E-state index in [0.29, 0.717) is 5.02 Å². The summed E-state index contributed by atoms with van der Waals surface area (Å²) < 4.78 is 39.2. The van der Waals surface area contributed by atoms with Crippen LogP contribution >= 0.6 is 11.6 Å². The van der Waals surface area contributed by atoms with E-state index in [1.807, 2.05) is 0 Å². The fourth-order valence-corrected chi connectivity index (χ4v) is 2.38. The molecule has 0 aliphatic carbocycles. The molecule has 0 radical (unpaired) electrons. The Morgan fingerprint density at radius 2 is 2.05 bits per heavy atom. The molecule has 0 unspecified atom stereocenters. The van der Waals surface area contributed by atoms with Crippen molar-refractivity contribution in [2.45, 2.75) is 19.3 Å². The van der Waals surface area contributed by atoms with Crippen LogP contribution in [0.25, 0.3) is 0 Å². The van der Waals surface area contributed by atoms with Crippen molar-refractivity contribution in [1.29, 1.82) is 0 Å². The summed E-state index contributed by atoms with van der Waals surface area (Å²) in [5.74, 6) is -1.37. The van der Waals surface area contributed by atoms with Crippen LogP contribution < -0.4 is 0 Å². The van der Waals surface area contributed by atoms with Crippen LogP contribution in [0.5, 0.6) is 0 Å². The SMILES string of the molecule is O=C(c1cc(Cl)ccn1)N1CCn2c(nnc2C(F)(F)F)C1. The van der Waals surface area contributed by atoms with Crippen LogP contribution in [0.4, 0.5) is 13.2 Å². The molecule has 2 aromatic heterocycles. The average molecular weight is 332 g/mol. The standard InChI is InChI=1S/C12H9ClF3N5O/c13-7-1-2-17-8(5-7)10(22)20-3-4-21-9(6-20)18-19-11(21)12(14,15)16/h1-2,5H,3-4,6H2. The predicted octanol–water partition coefficient (Wildman–Crippen LogP) is 2.00. The number of hydrogen-bond acceptors (Lipinski definition) is 4. The van der Waals surface area contributed by atoms with Gasteiger partial charge in [0.1, 0.15) is 5.69 Å². The van der Waals surface area contributed by atoms with Gasteiger partial charge >= 0.3 is 6.18 Å². The van der Waals surface area contributed by atoms with E-state index in [4.69, 9.17) is 11.6 Å². The molecule has 10 heteroatoms. The third-order valence-electron chi connectivity index (χ3n) is 3.24. The van der Waals surface area contributed by atoms with Crippen LogP contribution in [0, 0.1) is 0 Å². The molecule has 1 amide bonds. The molecule has 6 nitrogen and oxygen atoms in total. The Bertz CT molecular complexity index is 730. The number of carbonyl (C=O) groups is 1. The molecule has 1 aliphatic heterocycles. The van der Waals surface area contributed by atoms with Crippen molar-refractivity contribution in [2.75, 3.05) is 6.54 Å². The highest BCUT2D eigenvalue weighted by Gasteiger charge is 2.40. The molecule has 0 fully saturated rings. The van der Waals surface area contributed by atoms with Gasteiger partial charge in [-0.05, 0) is 12.1 Å². The fraction of sp³-hybridized carbons (Fsp3) is 0.333. The maximum atomic E-state index is 12.7. The molecule has 22 heavy (non-hydrogen) atoms. The van der Waals surface area contributed by atoms with Crippen LogP contribution in [0.2, 0.25) is 5.02 Å². The van der Waals surface area contributed by atoms with Gasteiger partial charge in [-0.1, -0.05) is 11.6 Å². The number of halogens is 4. The Morgan fingerprint density at radius 3 is 2.73 bits per heavy atom. The topological polar surface area (TPSA) is 63.9 Å². The highest BCUT2D eigenvalue weighted by Crippen LogP contribution is 2.29. The fourth-order valence-electron chi connectivity index (χ4n) is 2.22. The number of aromatic nitrogens is 4. The Hall–Kier alpha value is -2.16. The van der Waals surface area contributed by atoms with Crippen molar-refractivity contribution in [3.05, 3.63) is 40.7 Å². The van der Waals surface area contributed by atoms with Crippen molar-refractivity contribution in [3.63, 3.8) is 0 Å². The largest absolute Gasteiger partial charge is 0.451 e. The maximum Gasteiger partial charge on any atom is 0.451 e. The van der Waals surface area contributed by atoms with E-state index in [-0.39, 0.29) is 31.2 Å². The summed E-state index contributed by atoms with van der Waals surface area (Å²) in [4.78, 5) is 17.6. The maximum absolute atomic E-state index is 12.7. The molecule has 0 saturated carbocycles. The molecule has 2 aromatic rings. The molecule has 0 atom stereocenters. The number of alkyl halides is 3. The molecule has 0 N–H and O–H groups in total. The van der Waals surface area contributed by atoms with Crippen molar-refractivity contribution < 1.29 is 18.0 Å². The van der Waals surface area contributed by atoms with Crippen molar-refractivity contribution in [2.24, 2.45) is 0 Å². The first kappa shape index (κ1) is 14.8. The monoisotopic (exact) mass is 331 g/mol. The lowest BCUT2D eigenvalue weighted by atomic mass is 10.2. The van der Waals surface area contributed by atoms with Gasteiger partial charge in [0.15, 0.2) is 5.82 Å². The Labute approximate surface area is 127 Å². The van der Waals surface area contributed by atoms with Crippen LogP contribution in [0.15, 0.2) is 18.3 Å². The van der Waals surface area contributed by atoms with E-state index in [0.717, 1.165) is 4.57 Å². The average Bonchev–Trinajstić information content (AvgIpc) is 2.89. The molecule has 3 rings (SSSR count). The lowest BCUT2D eigenvalue weighted by Gasteiger charge is -2.27. The third kappa shape index (κ3) is 2.63. The van der Waals surface area contributed by atoms with Crippen molar-refractivity contribution in [3.8, 4) is 0 Å². The number of rotatable bonds is 1. The predicted molar refractivity (Wildman–Crippen MR) is 69.0 cm³/mol. The Balaban J connectivity index is 1.83. The Kier molecular flexibility index (Phi) is 3.51. The third-order valence-corrected chi connectivity index (χ3v) is 3.47. The van der Waals surface area contributed by atoms with Gasteiger partial charge in [0.2, 0.25) is 5.82 Å². The number of pyridine rings is 1. The second-order valence-corrected chi connectivity index (χ2v) is 5.11. The normalized spacial score (nSPS) is 14.8. The molecule has 1 aliphatic rings. The van der Waals surface area contributed by atoms with Gasteiger partial charge < -0.3 is 9.47 Å². The van der Waals surface area contributed by atoms with Crippen LogP contribution in [0.3, 0.4) is 0 Å². The Morgan fingerprint density at radius 1 is 1.27 bits per heavy atom. The number of nitrogens with zero attached hydrogens (tertiary/aromatic N) is 5. The van der Waals surface area contributed by atoms with Gasteiger partial charge in [-0.2, -0.15) is 13.2 Å². The molecule has 0 aromatic carbocycles. The summed E-state index contributed by atoms with van der Waals surface area (Å²) in [7, 11) is 0. The zero-order valence-corrected chi connectivity index (χ0v) is 11.8. The van der Waals surface area contributed by atoms with Crippen LogP contribution in [-0.4, -0.2) is 37.1 Å². The quantitative estimate of drug-likeness (QED) is 0.802. The summed E-state index contributed by atoms with van der Waals surface area (Å²) in [5.41, 5.74) is 0.136. The molecule has 0 saturated heterocycles. The number of fused-ring (bicyclic) bond motifs is 1. The molecule has 3 heterocycles. The number of hydrogen-bond donors (Lipinski definition) is 0. The van der Waals surface area contributed by atoms with Crippen molar-refractivity contribution >= 4 is 17.5 Å². The lowest BCUT2D eigenvalue weighted by molar-refractivity contribution is -0.147. The van der Waals surface area contributed by atoms with Crippen molar-refractivity contribution in [1.82, 2.24) is 24.6 Å². The zero-order chi connectivity index (χ0) is 15.9. The van der Waals surface area contributed by atoms with E-state index in [1.165, 1.54) is 23.2 Å². The van der Waals surface area contributed by atoms with Gasteiger partial charge in [-0.15, -0.1) is 10.2 Å². The van der Waals surface area contributed by atoms with Crippen LogP contribution in [-0.2, 0) is 19.3 Å². The summed E-state index contributed by atoms with van der Waals surface area (Å²) in [5, 5.41) is 7.04. The van der Waals surface area contributed by atoms with E-state index < -0.39 is 17.9 Å². The second-order valence-electron chi connectivity index (χ2n) is 4.68. The van der Waals surface area contributed by atoms with E-state index in [2.05, 4.69) is 15.2 Å². The highest BCUT2D eigenvalue weighted by molar-refractivity contribution is 6.30. The van der Waals surface area contributed by atoms with E-state index in [1.54, 1.807) is 0 Å². The molecular weight excluding hydrogens is 323 g/mol. The summed E-state index contributed by atoms with van der Waals surface area (Å²) in [6.07, 6.45) is -3.17. The minimum atomic E-state index is -4.56. The molecule has 0 bridgehead atoms. The number of carbonyl (C=O) groups excluding carboxylic acids is 1. The van der Waals surface area contributed by atoms with E-state index >= 15 is 0 Å². The van der Waals surface area contributed by atoms with Gasteiger partial charge in [0.25, 0.3) is 5.91 Å². The van der Waals surface area contributed by atoms with E-state index in [9.17, 15) is 18.0 Å². The smallest absolute Gasteiger partial charge is 0.328 e. The highest BCUT2D eigenvalue weighted by atomic mass is 35.5. The van der Waals surface area contributed by atoms with Gasteiger partial charge in [0.05, 0.1) is 6.54 Å². The second kappa shape index (κ2) is 5.24. The molecular formula is C12H9ClF3N5O. The minimum Gasteiger partial charge on any atom is -0.328 e. The first-order valence-corrected chi connectivity index (χ1v) is 6.64. The minimum absolute atomic E-state index is 0.0243. The molecule has 0 spiro atoms. The van der Waals surface area contributed by atoms with Gasteiger partial charge in [-0.25, -0.2) is 0 Å². The lowest BCUT2D eigenvalue weighted by Crippen LogP contribution is -2.39. The van der Waals surface area contributed by atoms with Gasteiger partial charge in [-0.3, -0.25) is 9.78 Å². The first-order chi connectivity index (χ1) is 10.4. The number of amides is 1. The summed E-state index contributed by atoms with van der Waals surface area (Å²) in [6.45, 7) is 0.0285. The van der Waals surface area contributed by atoms with Crippen LogP contribution in [0.1, 0.15) is 22.1 Å². The summed E-state index contributed by atoms with van der Waals surface area (Å²) in [6, 6.07) is 2.94. The zero-order valence-electron chi connectivity index (χ0n) is 11.0. The van der Waals surface area contributed by atoms with Gasteiger partial charge in [0, 0.05) is 24.3 Å². The molecule has 116 valence electrons.